The maximum Gasteiger partial charge on any atom is 0.234 e. The summed E-state index contributed by atoms with van der Waals surface area (Å²) >= 11 is 0. The van der Waals surface area contributed by atoms with Gasteiger partial charge < -0.3 is 10.1 Å². The molecule has 160 valence electrons. The fourth-order valence-corrected chi connectivity index (χ4v) is 4.50. The highest BCUT2D eigenvalue weighted by Gasteiger charge is 2.27. The fourth-order valence-electron chi connectivity index (χ4n) is 4.50. The Kier molecular flexibility index (Phi) is 5.42. The molecule has 2 heterocycles. The Labute approximate surface area is 180 Å². The fraction of sp³-hybridized carbons (Fsp3) is 0.333. The van der Waals surface area contributed by atoms with Crippen molar-refractivity contribution in [3.05, 3.63) is 77.4 Å². The van der Waals surface area contributed by atoms with Crippen molar-refractivity contribution in [2.24, 2.45) is 0 Å². The van der Waals surface area contributed by atoms with Crippen LogP contribution in [0.5, 0.6) is 5.75 Å². The lowest BCUT2D eigenvalue weighted by Gasteiger charge is -2.26. The average Bonchev–Trinajstić information content (AvgIpc) is 3.09. The predicted octanol–water partition coefficient (Wildman–Crippen LogP) is 3.40. The van der Waals surface area contributed by atoms with E-state index >= 15 is 0 Å². The number of nitrogens with one attached hydrogen (secondary N) is 1. The molecule has 0 bridgehead atoms. The highest BCUT2D eigenvalue weighted by atomic mass is 19.1. The highest BCUT2D eigenvalue weighted by Crippen LogP contribution is 2.31. The molecule has 1 amide bonds. The zero-order chi connectivity index (χ0) is 21.2. The summed E-state index contributed by atoms with van der Waals surface area (Å²) in [5.41, 5.74) is 3.49. The Hall–Kier alpha value is -3.19. The van der Waals surface area contributed by atoms with Crippen molar-refractivity contribution in [3.63, 3.8) is 0 Å². The monoisotopic (exact) mass is 420 g/mol. The molecule has 5 rings (SSSR count). The first kappa shape index (κ1) is 19.8. The third kappa shape index (κ3) is 4.05. The van der Waals surface area contributed by atoms with Crippen molar-refractivity contribution in [3.8, 4) is 11.4 Å². The molecule has 1 unspecified atom stereocenters. The number of hydrogen-bond donors (Lipinski definition) is 1. The van der Waals surface area contributed by atoms with Crippen LogP contribution in [0.4, 0.5) is 4.39 Å². The van der Waals surface area contributed by atoms with E-state index < -0.39 is 0 Å². The molecule has 1 atom stereocenters. The third-order valence-electron chi connectivity index (χ3n) is 6.00. The summed E-state index contributed by atoms with van der Waals surface area (Å²) in [6.45, 7) is 2.26. The summed E-state index contributed by atoms with van der Waals surface area (Å²) in [5, 5.41) is 7.62. The maximum atomic E-state index is 14.3. The summed E-state index contributed by atoms with van der Waals surface area (Å²) < 4.78 is 21.8. The van der Waals surface area contributed by atoms with Crippen LogP contribution < -0.4 is 10.1 Å². The van der Waals surface area contributed by atoms with Crippen molar-refractivity contribution >= 4 is 5.91 Å². The largest absolute Gasteiger partial charge is 0.492 e. The number of para-hydroxylation sites is 2. The number of amides is 1. The van der Waals surface area contributed by atoms with Gasteiger partial charge in [0.25, 0.3) is 0 Å². The molecule has 0 spiro atoms. The topological polar surface area (TPSA) is 59.4 Å². The number of fused-ring (bicyclic) bond motifs is 2. The number of ether oxygens (including phenoxy) is 1. The quantitative estimate of drug-likeness (QED) is 0.703. The molecule has 2 aromatic carbocycles. The van der Waals surface area contributed by atoms with E-state index in [4.69, 9.17) is 4.74 Å². The number of rotatable bonds is 4. The van der Waals surface area contributed by atoms with Crippen LogP contribution in [-0.4, -0.2) is 40.3 Å². The molecule has 0 saturated heterocycles. The third-order valence-corrected chi connectivity index (χ3v) is 6.00. The van der Waals surface area contributed by atoms with E-state index in [1.165, 1.54) is 6.07 Å². The Bertz CT molecular complexity index is 1100. The van der Waals surface area contributed by atoms with Gasteiger partial charge in [-0.05, 0) is 37.5 Å². The van der Waals surface area contributed by atoms with E-state index in [1.54, 1.807) is 29.1 Å². The first-order valence-corrected chi connectivity index (χ1v) is 10.7. The molecule has 6 nitrogen and oxygen atoms in total. The van der Waals surface area contributed by atoms with Crippen molar-refractivity contribution in [2.75, 3.05) is 19.7 Å². The molecule has 1 N–H and O–H groups in total. The minimum Gasteiger partial charge on any atom is -0.492 e. The molecule has 0 fully saturated rings. The SMILES string of the molecule is O=C(CN1CCOc2ccccc2C1)NC1CCCc2c1cnn2-c1ccccc1F. The summed E-state index contributed by atoms with van der Waals surface area (Å²) in [6, 6.07) is 14.5. The van der Waals surface area contributed by atoms with Crippen LogP contribution in [0.15, 0.2) is 54.7 Å². The standard InChI is InChI=1S/C24H25FN4O2/c25-19-7-2-3-9-22(19)29-21-10-5-8-20(18(21)14-26-29)27-24(30)16-28-12-13-31-23-11-4-1-6-17(23)15-28/h1-4,6-7,9,11,14,20H,5,8,10,12-13,15-16H2,(H,27,30). The van der Waals surface area contributed by atoms with Gasteiger partial charge in [0.1, 0.15) is 23.9 Å². The van der Waals surface area contributed by atoms with Crippen molar-refractivity contribution in [1.29, 1.82) is 0 Å². The zero-order valence-corrected chi connectivity index (χ0v) is 17.3. The second kappa shape index (κ2) is 8.51. The lowest BCUT2D eigenvalue weighted by atomic mass is 9.93. The molecular formula is C24H25FN4O2. The lowest BCUT2D eigenvalue weighted by Crippen LogP contribution is -2.40. The van der Waals surface area contributed by atoms with Gasteiger partial charge in [0.05, 0.1) is 18.8 Å². The number of aromatic nitrogens is 2. The second-order valence-electron chi connectivity index (χ2n) is 8.09. The van der Waals surface area contributed by atoms with Crippen LogP contribution in [0.2, 0.25) is 0 Å². The van der Waals surface area contributed by atoms with Gasteiger partial charge in [-0.2, -0.15) is 5.10 Å². The number of nitrogens with zero attached hydrogens (tertiary/aromatic N) is 3. The summed E-state index contributed by atoms with van der Waals surface area (Å²) in [6.07, 6.45) is 4.36. The minimum absolute atomic E-state index is 0.0177. The Morgan fingerprint density at radius 2 is 2.03 bits per heavy atom. The van der Waals surface area contributed by atoms with E-state index in [2.05, 4.69) is 15.3 Å². The van der Waals surface area contributed by atoms with Gasteiger partial charge in [-0.1, -0.05) is 30.3 Å². The van der Waals surface area contributed by atoms with Gasteiger partial charge in [-0.25, -0.2) is 9.07 Å². The van der Waals surface area contributed by atoms with Gasteiger partial charge in [0.15, 0.2) is 0 Å². The van der Waals surface area contributed by atoms with Gasteiger partial charge >= 0.3 is 0 Å². The van der Waals surface area contributed by atoms with Crippen LogP contribution in [0.3, 0.4) is 0 Å². The Balaban J connectivity index is 1.29. The molecule has 31 heavy (non-hydrogen) atoms. The van der Waals surface area contributed by atoms with Crippen LogP contribution in [-0.2, 0) is 17.8 Å². The number of hydrogen-bond acceptors (Lipinski definition) is 4. The van der Waals surface area contributed by atoms with Gasteiger partial charge in [0.2, 0.25) is 5.91 Å². The molecule has 2 aliphatic rings. The highest BCUT2D eigenvalue weighted by molar-refractivity contribution is 5.78. The van der Waals surface area contributed by atoms with E-state index in [0.29, 0.717) is 31.9 Å². The smallest absolute Gasteiger partial charge is 0.234 e. The molecule has 0 radical (unpaired) electrons. The normalized spacial score (nSPS) is 18.4. The summed E-state index contributed by atoms with van der Waals surface area (Å²) in [4.78, 5) is 15.0. The van der Waals surface area contributed by atoms with Crippen LogP contribution >= 0.6 is 0 Å². The number of carbonyl (C=O) groups excluding carboxylic acids is 1. The van der Waals surface area contributed by atoms with Gasteiger partial charge in [0, 0.05) is 29.9 Å². The lowest BCUT2D eigenvalue weighted by molar-refractivity contribution is -0.123. The van der Waals surface area contributed by atoms with Crippen LogP contribution in [0, 0.1) is 5.82 Å². The van der Waals surface area contributed by atoms with E-state index in [1.807, 2.05) is 24.3 Å². The molecular weight excluding hydrogens is 395 g/mol. The van der Waals surface area contributed by atoms with E-state index in [-0.39, 0.29) is 17.8 Å². The number of halogens is 1. The first-order chi connectivity index (χ1) is 15.2. The maximum absolute atomic E-state index is 14.3. The van der Waals surface area contributed by atoms with Gasteiger partial charge in [-0.15, -0.1) is 0 Å². The van der Waals surface area contributed by atoms with Gasteiger partial charge in [-0.3, -0.25) is 9.69 Å². The molecule has 1 aromatic heterocycles. The first-order valence-electron chi connectivity index (χ1n) is 10.7. The summed E-state index contributed by atoms with van der Waals surface area (Å²) in [7, 11) is 0. The Morgan fingerprint density at radius 1 is 1.19 bits per heavy atom. The van der Waals surface area contributed by atoms with Crippen molar-refractivity contribution < 1.29 is 13.9 Å². The molecule has 1 aliphatic carbocycles. The zero-order valence-electron chi connectivity index (χ0n) is 17.3. The van der Waals surface area contributed by atoms with Crippen molar-refractivity contribution in [2.45, 2.75) is 31.8 Å². The number of carbonyl (C=O) groups is 1. The van der Waals surface area contributed by atoms with Crippen molar-refractivity contribution in [1.82, 2.24) is 20.0 Å². The average molecular weight is 420 g/mol. The molecule has 1 aliphatic heterocycles. The number of benzene rings is 2. The van der Waals surface area contributed by atoms with E-state index in [0.717, 1.165) is 41.8 Å². The molecule has 7 heteroatoms. The summed E-state index contributed by atoms with van der Waals surface area (Å²) in [5.74, 6) is 0.571. The Morgan fingerprint density at radius 3 is 2.94 bits per heavy atom. The molecule has 3 aromatic rings. The van der Waals surface area contributed by atoms with Crippen LogP contribution in [0.1, 0.15) is 35.7 Å². The molecule has 0 saturated carbocycles. The minimum atomic E-state index is -0.303. The van der Waals surface area contributed by atoms with E-state index in [9.17, 15) is 9.18 Å². The van der Waals surface area contributed by atoms with Crippen LogP contribution in [0.25, 0.3) is 5.69 Å². The second-order valence-corrected chi connectivity index (χ2v) is 8.09. The predicted molar refractivity (Wildman–Crippen MR) is 115 cm³/mol.